The lowest BCUT2D eigenvalue weighted by molar-refractivity contribution is -0.144. The summed E-state index contributed by atoms with van der Waals surface area (Å²) < 4.78 is 5.14. The molecule has 0 saturated heterocycles. The SMILES string of the molecule is COc1cccc(C/C=C\c2ccc(O)c3c2C[C@H]2C[C@H]4CC(O)=C(C(N)=O)C(=O)[C@@]4(O)C(O)=C2C3=O)c1O. The van der Waals surface area contributed by atoms with Crippen LogP contribution in [0.2, 0.25) is 0 Å². The van der Waals surface area contributed by atoms with E-state index in [9.17, 15) is 39.9 Å². The Kier molecular flexibility index (Phi) is 6.22. The molecule has 202 valence electrons. The number of para-hydroxylation sites is 1. The lowest BCUT2D eigenvalue weighted by Crippen LogP contribution is -2.57. The highest BCUT2D eigenvalue weighted by Crippen LogP contribution is 2.51. The van der Waals surface area contributed by atoms with Gasteiger partial charge in [0.2, 0.25) is 5.78 Å². The van der Waals surface area contributed by atoms with Gasteiger partial charge in [-0.3, -0.25) is 14.4 Å². The molecule has 0 fully saturated rings. The van der Waals surface area contributed by atoms with Crippen LogP contribution in [0.5, 0.6) is 17.2 Å². The fraction of sp³-hybridized carbons (Fsp3) is 0.276. The van der Waals surface area contributed by atoms with Crippen LogP contribution in [0.3, 0.4) is 0 Å². The average molecular weight is 534 g/mol. The van der Waals surface area contributed by atoms with Gasteiger partial charge in [-0.05, 0) is 48.4 Å². The summed E-state index contributed by atoms with van der Waals surface area (Å²) in [5.74, 6) is -6.28. The third-order valence-electron chi connectivity index (χ3n) is 7.92. The molecule has 7 N–H and O–H groups in total. The fourth-order valence-electron chi connectivity index (χ4n) is 6.01. The fourth-order valence-corrected chi connectivity index (χ4v) is 6.01. The van der Waals surface area contributed by atoms with Crippen LogP contribution < -0.4 is 10.5 Å². The van der Waals surface area contributed by atoms with Crippen LogP contribution in [0.15, 0.2) is 59.1 Å². The Labute approximate surface area is 223 Å². The van der Waals surface area contributed by atoms with Crippen LogP contribution in [-0.4, -0.2) is 55.7 Å². The van der Waals surface area contributed by atoms with Gasteiger partial charge in [0.05, 0.1) is 12.7 Å². The number of rotatable bonds is 5. The maximum absolute atomic E-state index is 13.6. The van der Waals surface area contributed by atoms with Gasteiger partial charge in [0.15, 0.2) is 22.9 Å². The smallest absolute Gasteiger partial charge is 0.255 e. The van der Waals surface area contributed by atoms with Crippen LogP contribution in [-0.2, 0) is 22.4 Å². The first-order valence-electron chi connectivity index (χ1n) is 12.3. The van der Waals surface area contributed by atoms with E-state index in [-0.39, 0.29) is 41.9 Å². The van der Waals surface area contributed by atoms with E-state index >= 15 is 0 Å². The molecule has 5 rings (SSSR count). The molecule has 0 unspecified atom stereocenters. The summed E-state index contributed by atoms with van der Waals surface area (Å²) in [5, 5.41) is 53.7. The van der Waals surface area contributed by atoms with E-state index in [1.165, 1.54) is 13.2 Å². The largest absolute Gasteiger partial charge is 0.511 e. The first-order valence-corrected chi connectivity index (χ1v) is 12.3. The number of phenolic OH excluding ortho intramolecular Hbond substituents is 2. The van der Waals surface area contributed by atoms with Crippen molar-refractivity contribution >= 4 is 23.5 Å². The number of methoxy groups -OCH3 is 1. The zero-order valence-corrected chi connectivity index (χ0v) is 21.0. The number of hydrogen-bond acceptors (Lipinski definition) is 9. The number of hydrogen-bond donors (Lipinski definition) is 6. The van der Waals surface area contributed by atoms with Gasteiger partial charge >= 0.3 is 0 Å². The molecule has 3 aliphatic carbocycles. The summed E-state index contributed by atoms with van der Waals surface area (Å²) in [7, 11) is 1.46. The standard InChI is InChI=1S/C29H27NO9/c1-39-20-7-3-6-14(24(20)33)5-2-4-13-8-9-18(31)22-17(13)11-15-10-16-12-19(32)23(28(30)37)27(36)29(16,38)26(35)21(15)25(22)34/h2-4,6-9,15-16,31-33,35,38H,5,10-12H2,1H3,(H2,30,37)/b4-2-/t15-,16+,29+/m1/s1. The molecular weight excluding hydrogens is 506 g/mol. The van der Waals surface area contributed by atoms with Crippen LogP contribution in [0.25, 0.3) is 6.08 Å². The summed E-state index contributed by atoms with van der Waals surface area (Å²) in [6, 6.07) is 8.13. The summed E-state index contributed by atoms with van der Waals surface area (Å²) in [6.07, 6.45) is 3.88. The monoisotopic (exact) mass is 533 g/mol. The number of aliphatic hydroxyl groups is 3. The zero-order valence-electron chi connectivity index (χ0n) is 21.0. The molecule has 3 aliphatic rings. The first-order chi connectivity index (χ1) is 18.5. The minimum atomic E-state index is -2.60. The van der Waals surface area contributed by atoms with Gasteiger partial charge in [0.1, 0.15) is 22.8 Å². The second kappa shape index (κ2) is 9.32. The average Bonchev–Trinajstić information content (AvgIpc) is 2.88. The number of Topliss-reactive ketones (excluding diaryl/α,β-unsaturated/α-hetero) is 2. The van der Waals surface area contributed by atoms with E-state index in [4.69, 9.17) is 10.5 Å². The van der Waals surface area contributed by atoms with E-state index in [0.29, 0.717) is 28.9 Å². The molecule has 0 aromatic heterocycles. The predicted molar refractivity (Wildman–Crippen MR) is 138 cm³/mol. The first kappa shape index (κ1) is 26.1. The number of ketones is 2. The van der Waals surface area contributed by atoms with E-state index in [1.807, 2.05) is 0 Å². The maximum atomic E-state index is 13.6. The number of carbonyl (C=O) groups is 3. The Balaban J connectivity index is 1.53. The minimum Gasteiger partial charge on any atom is -0.511 e. The molecule has 3 atom stereocenters. The zero-order chi connectivity index (χ0) is 28.2. The number of fused-ring (bicyclic) bond motifs is 3. The lowest BCUT2D eigenvalue weighted by atomic mass is 9.60. The van der Waals surface area contributed by atoms with Gasteiger partial charge in [-0.1, -0.05) is 30.4 Å². The van der Waals surface area contributed by atoms with Gasteiger partial charge in [-0.15, -0.1) is 0 Å². The normalized spacial score (nSPS) is 24.5. The van der Waals surface area contributed by atoms with Crippen molar-refractivity contribution in [3.8, 4) is 17.2 Å². The molecule has 10 heteroatoms. The highest BCUT2D eigenvalue weighted by atomic mass is 16.5. The molecule has 2 aromatic rings. The molecule has 10 nitrogen and oxygen atoms in total. The van der Waals surface area contributed by atoms with Crippen molar-refractivity contribution in [2.45, 2.75) is 31.3 Å². The van der Waals surface area contributed by atoms with Crippen molar-refractivity contribution in [1.82, 2.24) is 0 Å². The molecule has 1 amide bonds. The second-order valence-electron chi connectivity index (χ2n) is 10.0. The molecule has 0 aliphatic heterocycles. The van der Waals surface area contributed by atoms with Crippen molar-refractivity contribution in [3.63, 3.8) is 0 Å². The van der Waals surface area contributed by atoms with Gasteiger partial charge in [0, 0.05) is 23.5 Å². The van der Waals surface area contributed by atoms with Crippen molar-refractivity contribution < 1.29 is 44.7 Å². The highest BCUT2D eigenvalue weighted by Gasteiger charge is 2.59. The van der Waals surface area contributed by atoms with Gasteiger partial charge in [-0.25, -0.2) is 0 Å². The van der Waals surface area contributed by atoms with Crippen LogP contribution in [0, 0.1) is 11.8 Å². The molecule has 0 radical (unpaired) electrons. The summed E-state index contributed by atoms with van der Waals surface area (Å²) >= 11 is 0. The molecule has 0 spiro atoms. The van der Waals surface area contributed by atoms with Crippen molar-refractivity contribution in [2.24, 2.45) is 17.6 Å². The van der Waals surface area contributed by atoms with Crippen LogP contribution >= 0.6 is 0 Å². The summed E-state index contributed by atoms with van der Waals surface area (Å²) in [6.45, 7) is 0. The minimum absolute atomic E-state index is 0.0198. The molecule has 0 saturated carbocycles. The van der Waals surface area contributed by atoms with E-state index in [0.717, 1.165) is 0 Å². The molecular formula is C29H27NO9. The summed E-state index contributed by atoms with van der Waals surface area (Å²) in [5.41, 5.74) is 3.34. The van der Waals surface area contributed by atoms with Crippen molar-refractivity contribution in [3.05, 3.63) is 81.3 Å². The number of nitrogens with two attached hydrogens (primary N) is 1. The number of phenols is 2. The van der Waals surface area contributed by atoms with E-state index in [2.05, 4.69) is 0 Å². The quantitative estimate of drug-likeness (QED) is 0.314. The Morgan fingerprint density at radius 1 is 1.13 bits per heavy atom. The van der Waals surface area contributed by atoms with Crippen molar-refractivity contribution in [2.75, 3.05) is 7.11 Å². The molecule has 0 heterocycles. The van der Waals surface area contributed by atoms with Crippen LogP contribution in [0.1, 0.15) is 39.9 Å². The van der Waals surface area contributed by atoms with Gasteiger partial charge in [0.25, 0.3) is 5.91 Å². The Hall–Kier alpha value is -4.57. The number of allylic oxidation sites excluding steroid dienone is 3. The Morgan fingerprint density at radius 3 is 2.56 bits per heavy atom. The molecule has 39 heavy (non-hydrogen) atoms. The third kappa shape index (κ3) is 3.87. The molecule has 2 aromatic carbocycles. The van der Waals surface area contributed by atoms with Gasteiger partial charge < -0.3 is 36.0 Å². The number of aromatic hydroxyl groups is 2. The maximum Gasteiger partial charge on any atom is 0.255 e. The number of amides is 1. The molecule has 0 bridgehead atoms. The Morgan fingerprint density at radius 2 is 1.87 bits per heavy atom. The van der Waals surface area contributed by atoms with E-state index in [1.54, 1.807) is 36.4 Å². The lowest BCUT2D eigenvalue weighted by Gasteiger charge is -2.45. The topological polar surface area (TPSA) is 188 Å². The number of ether oxygens (including phenoxy) is 1. The summed E-state index contributed by atoms with van der Waals surface area (Å²) in [4.78, 5) is 38.4. The van der Waals surface area contributed by atoms with E-state index < -0.39 is 52.0 Å². The van der Waals surface area contributed by atoms with Crippen molar-refractivity contribution in [1.29, 1.82) is 0 Å². The number of carbonyl (C=O) groups excluding carboxylic acids is 3. The third-order valence-corrected chi connectivity index (χ3v) is 7.92. The van der Waals surface area contributed by atoms with Gasteiger partial charge in [-0.2, -0.15) is 0 Å². The number of primary amides is 1. The highest BCUT2D eigenvalue weighted by molar-refractivity contribution is 6.24. The Bertz CT molecular complexity index is 1530. The number of benzene rings is 2. The predicted octanol–water partition coefficient (Wildman–Crippen LogP) is 2.55. The second-order valence-corrected chi connectivity index (χ2v) is 10.0. The number of aliphatic hydroxyl groups excluding tert-OH is 2. The van der Waals surface area contributed by atoms with Crippen LogP contribution in [0.4, 0.5) is 0 Å².